The van der Waals surface area contributed by atoms with Crippen LogP contribution in [0.15, 0.2) is 24.3 Å². The Hall–Kier alpha value is -1.34. The Morgan fingerprint density at radius 3 is 2.87 bits per heavy atom. The van der Waals surface area contributed by atoms with E-state index in [1.807, 2.05) is 6.07 Å². The van der Waals surface area contributed by atoms with Crippen molar-refractivity contribution in [1.82, 2.24) is 0 Å². The Kier molecular flexibility index (Phi) is 2.49. The molecule has 2 unspecified atom stereocenters. The average molecular weight is 204 g/mol. The smallest absolute Gasteiger partial charge is 0.151 e. The monoisotopic (exact) mass is 204 g/mol. The van der Waals surface area contributed by atoms with Crippen LogP contribution < -0.4 is 0 Å². The molecule has 2 N–H and O–H groups in total. The van der Waals surface area contributed by atoms with E-state index in [9.17, 15) is 5.11 Å². The summed E-state index contributed by atoms with van der Waals surface area (Å²) < 4.78 is 0. The van der Waals surface area contributed by atoms with Gasteiger partial charge in [0, 0.05) is 5.56 Å². The van der Waals surface area contributed by atoms with Crippen molar-refractivity contribution >= 4 is 0 Å². The lowest BCUT2D eigenvalue weighted by Gasteiger charge is -2.33. The summed E-state index contributed by atoms with van der Waals surface area (Å²) in [6.45, 7) is 0. The highest BCUT2D eigenvalue weighted by Crippen LogP contribution is 2.40. The molecule has 2 rings (SSSR count). The van der Waals surface area contributed by atoms with Gasteiger partial charge in [0.25, 0.3) is 0 Å². The molecule has 3 heteroatoms. The van der Waals surface area contributed by atoms with Gasteiger partial charge in [0.05, 0.1) is 0 Å². The van der Waals surface area contributed by atoms with Gasteiger partial charge in [-0.15, -0.1) is 6.42 Å². The van der Waals surface area contributed by atoms with E-state index in [-0.39, 0.29) is 0 Å². The van der Waals surface area contributed by atoms with Crippen molar-refractivity contribution in [3.8, 4) is 12.3 Å². The molecule has 1 aromatic rings. The molecule has 0 fully saturated rings. The number of aliphatic hydroxyl groups is 1. The van der Waals surface area contributed by atoms with Crippen molar-refractivity contribution < 1.29 is 15.3 Å². The molecule has 0 saturated heterocycles. The molecule has 78 valence electrons. The van der Waals surface area contributed by atoms with Crippen molar-refractivity contribution in [2.45, 2.75) is 24.5 Å². The molecule has 2 atom stereocenters. The highest BCUT2D eigenvalue weighted by atomic mass is 17.1. The first-order valence-corrected chi connectivity index (χ1v) is 4.81. The quantitative estimate of drug-likeness (QED) is 0.417. The second-order valence-corrected chi connectivity index (χ2v) is 3.72. The standard InChI is InChI=1S/C12H12O3/c1-2-12(13)8-7-11(15-14)9-5-3-4-6-10(9)12/h1,3-6,11,13-14H,7-8H2. The summed E-state index contributed by atoms with van der Waals surface area (Å²) >= 11 is 0. The van der Waals surface area contributed by atoms with Crippen LogP contribution in [0.25, 0.3) is 0 Å². The van der Waals surface area contributed by atoms with Crippen LogP contribution >= 0.6 is 0 Å². The Labute approximate surface area is 88.2 Å². The third kappa shape index (κ3) is 1.53. The predicted octanol–water partition coefficient (Wildman–Crippen LogP) is 1.83. The molecule has 0 saturated carbocycles. The van der Waals surface area contributed by atoms with Crippen LogP contribution in [0.2, 0.25) is 0 Å². The van der Waals surface area contributed by atoms with E-state index in [1.165, 1.54) is 0 Å². The highest BCUT2D eigenvalue weighted by Gasteiger charge is 2.37. The number of hydrogen-bond donors (Lipinski definition) is 2. The van der Waals surface area contributed by atoms with Crippen LogP contribution in [-0.2, 0) is 10.5 Å². The maximum absolute atomic E-state index is 10.2. The van der Waals surface area contributed by atoms with E-state index in [0.717, 1.165) is 5.56 Å². The van der Waals surface area contributed by atoms with Gasteiger partial charge in [-0.1, -0.05) is 30.2 Å². The van der Waals surface area contributed by atoms with Crippen LogP contribution in [0.4, 0.5) is 0 Å². The fourth-order valence-electron chi connectivity index (χ4n) is 2.04. The first-order chi connectivity index (χ1) is 7.21. The topological polar surface area (TPSA) is 49.7 Å². The molecule has 0 bridgehead atoms. The van der Waals surface area contributed by atoms with E-state index in [4.69, 9.17) is 11.7 Å². The third-order valence-electron chi connectivity index (χ3n) is 2.89. The normalized spacial score (nSPS) is 29.3. The van der Waals surface area contributed by atoms with Crippen molar-refractivity contribution in [2.24, 2.45) is 0 Å². The first kappa shape index (κ1) is 10.2. The summed E-state index contributed by atoms with van der Waals surface area (Å²) in [7, 11) is 0. The predicted molar refractivity (Wildman–Crippen MR) is 54.9 cm³/mol. The maximum Gasteiger partial charge on any atom is 0.151 e. The summed E-state index contributed by atoms with van der Waals surface area (Å²) in [5.74, 6) is 2.40. The van der Waals surface area contributed by atoms with Crippen LogP contribution in [0.1, 0.15) is 30.1 Å². The Balaban J connectivity index is 2.54. The summed E-state index contributed by atoms with van der Waals surface area (Å²) in [4.78, 5) is 4.38. The van der Waals surface area contributed by atoms with Crippen LogP contribution in [-0.4, -0.2) is 10.4 Å². The Bertz CT molecular complexity index is 408. The lowest BCUT2D eigenvalue weighted by molar-refractivity contribution is -0.286. The van der Waals surface area contributed by atoms with Crippen molar-refractivity contribution in [2.75, 3.05) is 0 Å². The second-order valence-electron chi connectivity index (χ2n) is 3.72. The number of terminal acetylenes is 1. The molecule has 0 aromatic heterocycles. The molecule has 0 heterocycles. The average Bonchev–Trinajstić information content (AvgIpc) is 2.30. The summed E-state index contributed by atoms with van der Waals surface area (Å²) in [6, 6.07) is 7.20. The summed E-state index contributed by atoms with van der Waals surface area (Å²) in [5, 5.41) is 18.9. The van der Waals surface area contributed by atoms with E-state index < -0.39 is 11.7 Å². The zero-order valence-electron chi connectivity index (χ0n) is 8.18. The highest BCUT2D eigenvalue weighted by molar-refractivity contribution is 5.41. The van der Waals surface area contributed by atoms with Crippen molar-refractivity contribution in [3.63, 3.8) is 0 Å². The molecule has 0 radical (unpaired) electrons. The first-order valence-electron chi connectivity index (χ1n) is 4.81. The lowest BCUT2D eigenvalue weighted by atomic mass is 9.78. The number of hydrogen-bond acceptors (Lipinski definition) is 3. The minimum absolute atomic E-state index is 0.394. The molecular formula is C12H12O3. The van der Waals surface area contributed by atoms with Gasteiger partial charge in [0.1, 0.15) is 6.10 Å². The molecule has 0 aliphatic heterocycles. The molecule has 3 nitrogen and oxygen atoms in total. The van der Waals surface area contributed by atoms with Gasteiger partial charge >= 0.3 is 0 Å². The molecular weight excluding hydrogens is 192 g/mol. The Morgan fingerprint density at radius 1 is 1.47 bits per heavy atom. The number of benzene rings is 1. The second kappa shape index (κ2) is 3.67. The molecule has 1 aromatic carbocycles. The zero-order chi connectivity index (χ0) is 10.9. The number of fused-ring (bicyclic) bond motifs is 1. The van der Waals surface area contributed by atoms with E-state index in [2.05, 4.69) is 10.8 Å². The minimum Gasteiger partial charge on any atom is -0.373 e. The van der Waals surface area contributed by atoms with Gasteiger partial charge in [-0.3, -0.25) is 5.26 Å². The fourth-order valence-corrected chi connectivity index (χ4v) is 2.04. The molecule has 0 spiro atoms. The third-order valence-corrected chi connectivity index (χ3v) is 2.89. The van der Waals surface area contributed by atoms with E-state index in [1.54, 1.807) is 18.2 Å². The van der Waals surface area contributed by atoms with Gasteiger partial charge in [-0.05, 0) is 18.4 Å². The molecule has 0 amide bonds. The van der Waals surface area contributed by atoms with E-state index >= 15 is 0 Å². The summed E-state index contributed by atoms with van der Waals surface area (Å²) in [5.41, 5.74) is 0.176. The van der Waals surface area contributed by atoms with Gasteiger partial charge in [0.2, 0.25) is 0 Å². The van der Waals surface area contributed by atoms with Crippen LogP contribution in [0.5, 0.6) is 0 Å². The molecule has 15 heavy (non-hydrogen) atoms. The summed E-state index contributed by atoms with van der Waals surface area (Å²) in [6.07, 6.45) is 5.84. The Morgan fingerprint density at radius 2 is 2.20 bits per heavy atom. The largest absolute Gasteiger partial charge is 0.373 e. The zero-order valence-corrected chi connectivity index (χ0v) is 8.18. The van der Waals surface area contributed by atoms with Gasteiger partial charge in [0.15, 0.2) is 5.60 Å². The van der Waals surface area contributed by atoms with Crippen molar-refractivity contribution in [3.05, 3.63) is 35.4 Å². The van der Waals surface area contributed by atoms with E-state index in [0.29, 0.717) is 18.4 Å². The lowest BCUT2D eigenvalue weighted by Crippen LogP contribution is -2.31. The van der Waals surface area contributed by atoms with Gasteiger partial charge < -0.3 is 5.11 Å². The molecule has 1 aliphatic rings. The van der Waals surface area contributed by atoms with Crippen LogP contribution in [0.3, 0.4) is 0 Å². The SMILES string of the molecule is C#CC1(O)CCC(OO)c2ccccc21. The van der Waals surface area contributed by atoms with Crippen molar-refractivity contribution in [1.29, 1.82) is 0 Å². The van der Waals surface area contributed by atoms with Gasteiger partial charge in [-0.25, -0.2) is 4.89 Å². The maximum atomic E-state index is 10.2. The fraction of sp³-hybridized carbons (Fsp3) is 0.333. The molecule has 1 aliphatic carbocycles. The van der Waals surface area contributed by atoms with Gasteiger partial charge in [-0.2, -0.15) is 0 Å². The van der Waals surface area contributed by atoms with Crippen LogP contribution in [0, 0.1) is 12.3 Å². The number of rotatable bonds is 1. The minimum atomic E-state index is -1.23.